The van der Waals surface area contributed by atoms with Crippen LogP contribution in [0, 0.1) is 0 Å². The summed E-state index contributed by atoms with van der Waals surface area (Å²) in [6.07, 6.45) is 2.23. The van der Waals surface area contributed by atoms with Gasteiger partial charge in [0, 0.05) is 23.8 Å². The summed E-state index contributed by atoms with van der Waals surface area (Å²) in [6, 6.07) is 7.32. The first-order valence-electron chi connectivity index (χ1n) is 6.11. The molecule has 110 valence electrons. The van der Waals surface area contributed by atoms with Crippen molar-refractivity contribution < 1.29 is 0 Å². The van der Waals surface area contributed by atoms with Crippen molar-refractivity contribution in [2.75, 3.05) is 18.4 Å². The van der Waals surface area contributed by atoms with E-state index in [4.69, 9.17) is 23.8 Å². The highest BCUT2D eigenvalue weighted by Gasteiger charge is 2.03. The molecule has 2 rings (SSSR count). The largest absolute Gasteiger partial charge is 0.355 e. The second-order valence-electron chi connectivity index (χ2n) is 4.08. The zero-order chi connectivity index (χ0) is 13.5. The van der Waals surface area contributed by atoms with Gasteiger partial charge in [0.2, 0.25) is 5.96 Å². The number of guanidine groups is 1. The standard InChI is InChI=1S/C12H16ClN5S.HI/c13-9-3-5-10(6-4-9)16-12(19)18-17-11-14-7-1-2-8-15-11;/h3-6H,1-2,7-8H2,(H2,14,15,17)(H2,16,18,19);1H. The average molecular weight is 426 g/mol. The van der Waals surface area contributed by atoms with Gasteiger partial charge in [-0.25, -0.2) is 0 Å². The summed E-state index contributed by atoms with van der Waals surface area (Å²) >= 11 is 11.0. The van der Waals surface area contributed by atoms with Gasteiger partial charge in [0.15, 0.2) is 5.11 Å². The number of rotatable bonds is 1. The minimum atomic E-state index is 0. The zero-order valence-corrected chi connectivity index (χ0v) is 14.7. The van der Waals surface area contributed by atoms with Gasteiger partial charge in [-0.1, -0.05) is 11.6 Å². The highest BCUT2D eigenvalue weighted by molar-refractivity contribution is 14.0. The van der Waals surface area contributed by atoms with Gasteiger partial charge in [-0.05, 0) is 49.3 Å². The normalized spacial score (nSPS) is 13.9. The van der Waals surface area contributed by atoms with Crippen LogP contribution in [0.4, 0.5) is 5.69 Å². The van der Waals surface area contributed by atoms with E-state index in [0.29, 0.717) is 10.1 Å². The van der Waals surface area contributed by atoms with E-state index in [1.54, 1.807) is 12.1 Å². The van der Waals surface area contributed by atoms with Gasteiger partial charge >= 0.3 is 0 Å². The minimum absolute atomic E-state index is 0. The van der Waals surface area contributed by atoms with Gasteiger partial charge in [-0.15, -0.1) is 24.0 Å². The van der Waals surface area contributed by atoms with E-state index in [1.807, 2.05) is 12.1 Å². The Bertz CT molecular complexity index is 465. The third kappa shape index (κ3) is 6.10. The number of benzene rings is 1. The van der Waals surface area contributed by atoms with Gasteiger partial charge in [0.1, 0.15) is 0 Å². The van der Waals surface area contributed by atoms with Crippen LogP contribution >= 0.6 is 47.8 Å². The molecular formula is C12H17ClIN5S. The zero-order valence-electron chi connectivity index (χ0n) is 10.8. The van der Waals surface area contributed by atoms with E-state index in [-0.39, 0.29) is 24.0 Å². The van der Waals surface area contributed by atoms with Crippen molar-refractivity contribution in [2.24, 2.45) is 4.99 Å². The maximum atomic E-state index is 5.81. The third-order valence-corrected chi connectivity index (χ3v) is 3.00. The van der Waals surface area contributed by atoms with Crippen LogP contribution < -0.4 is 21.5 Å². The molecule has 1 heterocycles. The number of halogens is 2. The first-order valence-corrected chi connectivity index (χ1v) is 6.89. The summed E-state index contributed by atoms with van der Waals surface area (Å²) < 4.78 is 0. The summed E-state index contributed by atoms with van der Waals surface area (Å²) in [5.41, 5.74) is 6.71. The molecule has 20 heavy (non-hydrogen) atoms. The van der Waals surface area contributed by atoms with Crippen LogP contribution in [-0.2, 0) is 0 Å². The Labute approximate surface area is 145 Å². The second kappa shape index (κ2) is 9.19. The van der Waals surface area contributed by atoms with Crippen LogP contribution in [-0.4, -0.2) is 24.2 Å². The lowest BCUT2D eigenvalue weighted by Crippen LogP contribution is -2.49. The van der Waals surface area contributed by atoms with Crippen molar-refractivity contribution in [1.82, 2.24) is 16.2 Å². The molecule has 0 saturated carbocycles. The summed E-state index contributed by atoms with van der Waals surface area (Å²) in [5.74, 6) is 0.720. The highest BCUT2D eigenvalue weighted by Crippen LogP contribution is 2.12. The molecule has 1 aromatic carbocycles. The molecule has 4 N–H and O–H groups in total. The number of hydrazine groups is 1. The van der Waals surface area contributed by atoms with E-state index in [0.717, 1.165) is 37.6 Å². The predicted molar refractivity (Wildman–Crippen MR) is 98.9 cm³/mol. The summed E-state index contributed by atoms with van der Waals surface area (Å²) in [5, 5.41) is 7.38. The molecule has 5 nitrogen and oxygen atoms in total. The van der Waals surface area contributed by atoms with Crippen LogP contribution in [0.1, 0.15) is 12.8 Å². The molecule has 1 aliphatic rings. The lowest BCUT2D eigenvalue weighted by Gasteiger charge is -2.14. The molecular weight excluding hydrogens is 409 g/mol. The molecule has 0 aromatic heterocycles. The quantitative estimate of drug-likeness (QED) is 0.316. The number of nitrogens with one attached hydrogen (secondary N) is 4. The Kier molecular flexibility index (Phi) is 7.93. The lowest BCUT2D eigenvalue weighted by atomic mass is 10.3. The van der Waals surface area contributed by atoms with Crippen molar-refractivity contribution in [2.45, 2.75) is 12.8 Å². The molecule has 0 fully saturated rings. The molecule has 1 aromatic rings. The van der Waals surface area contributed by atoms with Crippen LogP contribution in [0.15, 0.2) is 29.3 Å². The second-order valence-corrected chi connectivity index (χ2v) is 4.92. The summed E-state index contributed by atoms with van der Waals surface area (Å²) in [6.45, 7) is 1.75. The smallest absolute Gasteiger partial charge is 0.210 e. The molecule has 0 spiro atoms. The molecule has 0 atom stereocenters. The molecule has 0 saturated heterocycles. The van der Waals surface area contributed by atoms with Crippen LogP contribution in [0.3, 0.4) is 0 Å². The Morgan fingerprint density at radius 2 is 2.00 bits per heavy atom. The van der Waals surface area contributed by atoms with Crippen molar-refractivity contribution in [3.8, 4) is 0 Å². The van der Waals surface area contributed by atoms with Crippen LogP contribution in [0.25, 0.3) is 0 Å². The van der Waals surface area contributed by atoms with E-state index in [1.165, 1.54) is 0 Å². The maximum absolute atomic E-state index is 5.81. The van der Waals surface area contributed by atoms with Gasteiger partial charge in [-0.2, -0.15) is 0 Å². The SMILES string of the molecule is I.S=C(NNC1=NCCCCN1)Nc1ccc(Cl)cc1. The number of anilines is 1. The summed E-state index contributed by atoms with van der Waals surface area (Å²) in [4.78, 5) is 4.34. The van der Waals surface area contributed by atoms with Crippen LogP contribution in [0.5, 0.6) is 0 Å². The van der Waals surface area contributed by atoms with Gasteiger partial charge in [0.25, 0.3) is 0 Å². The Morgan fingerprint density at radius 3 is 2.75 bits per heavy atom. The number of aliphatic imine (C=N–C) groups is 1. The molecule has 0 unspecified atom stereocenters. The van der Waals surface area contributed by atoms with Crippen molar-refractivity contribution >= 4 is 64.6 Å². The first-order chi connectivity index (χ1) is 9.24. The third-order valence-electron chi connectivity index (χ3n) is 2.54. The molecule has 0 amide bonds. The van der Waals surface area contributed by atoms with Crippen molar-refractivity contribution in [3.63, 3.8) is 0 Å². The topological polar surface area (TPSA) is 60.5 Å². The first kappa shape index (κ1) is 17.3. The lowest BCUT2D eigenvalue weighted by molar-refractivity contribution is 0.739. The molecule has 0 bridgehead atoms. The van der Waals surface area contributed by atoms with E-state index in [2.05, 4.69) is 26.5 Å². The Morgan fingerprint density at radius 1 is 1.25 bits per heavy atom. The fourth-order valence-electron chi connectivity index (χ4n) is 1.59. The molecule has 0 radical (unpaired) electrons. The van der Waals surface area contributed by atoms with E-state index < -0.39 is 0 Å². The Hall–Kier alpha value is -0.800. The Balaban J connectivity index is 0.00000200. The summed E-state index contributed by atoms with van der Waals surface area (Å²) in [7, 11) is 0. The van der Waals surface area contributed by atoms with Gasteiger partial charge in [-0.3, -0.25) is 15.8 Å². The average Bonchev–Trinajstić information content (AvgIpc) is 2.68. The molecule has 1 aliphatic heterocycles. The molecule has 8 heteroatoms. The van der Waals surface area contributed by atoms with E-state index >= 15 is 0 Å². The number of hydrogen-bond donors (Lipinski definition) is 4. The number of thiocarbonyl (C=S) groups is 1. The molecule has 0 aliphatic carbocycles. The van der Waals surface area contributed by atoms with Crippen molar-refractivity contribution in [1.29, 1.82) is 0 Å². The maximum Gasteiger partial charge on any atom is 0.210 e. The minimum Gasteiger partial charge on any atom is -0.355 e. The van der Waals surface area contributed by atoms with E-state index in [9.17, 15) is 0 Å². The van der Waals surface area contributed by atoms with Crippen LogP contribution in [0.2, 0.25) is 5.02 Å². The highest BCUT2D eigenvalue weighted by atomic mass is 127. The fourth-order valence-corrected chi connectivity index (χ4v) is 1.88. The van der Waals surface area contributed by atoms with Crippen molar-refractivity contribution in [3.05, 3.63) is 29.3 Å². The van der Waals surface area contributed by atoms with Gasteiger partial charge in [0.05, 0.1) is 0 Å². The van der Waals surface area contributed by atoms with Gasteiger partial charge < -0.3 is 10.6 Å². The monoisotopic (exact) mass is 425 g/mol. The fraction of sp³-hybridized carbons (Fsp3) is 0.333. The predicted octanol–water partition coefficient (Wildman–Crippen LogP) is 2.49. The number of hydrogen-bond acceptors (Lipinski definition) is 4. The number of nitrogens with zero attached hydrogens (tertiary/aromatic N) is 1.